The third-order valence-corrected chi connectivity index (χ3v) is 3.73. The number of ether oxygens (including phenoxy) is 1. The highest BCUT2D eigenvalue weighted by Crippen LogP contribution is 2.35. The molecule has 0 saturated heterocycles. The van der Waals surface area contributed by atoms with Crippen LogP contribution in [0.4, 0.5) is 0 Å². The third kappa shape index (κ3) is 2.55. The number of carboxylic acids is 1. The molecular weight excluding hydrogens is 264 g/mol. The zero-order valence-corrected chi connectivity index (χ0v) is 12.0. The van der Waals surface area contributed by atoms with Crippen LogP contribution in [-0.2, 0) is 4.79 Å². The molecule has 0 unspecified atom stereocenters. The van der Waals surface area contributed by atoms with Crippen molar-refractivity contribution < 1.29 is 14.6 Å². The Labute approximate surface area is 123 Å². The lowest BCUT2D eigenvalue weighted by molar-refractivity contribution is -0.138. The van der Waals surface area contributed by atoms with Crippen LogP contribution < -0.4 is 4.74 Å². The molecule has 106 valence electrons. The molecule has 1 aliphatic heterocycles. The Morgan fingerprint density at radius 1 is 1.05 bits per heavy atom. The fourth-order valence-electron chi connectivity index (χ4n) is 2.39. The molecule has 0 fully saturated rings. The van der Waals surface area contributed by atoms with E-state index >= 15 is 0 Å². The van der Waals surface area contributed by atoms with Gasteiger partial charge in [0.15, 0.2) is 0 Å². The Kier molecular flexibility index (Phi) is 3.26. The summed E-state index contributed by atoms with van der Waals surface area (Å²) in [6, 6.07) is 11.6. The predicted octanol–water partition coefficient (Wildman–Crippen LogP) is 4.46. The van der Waals surface area contributed by atoms with Gasteiger partial charge < -0.3 is 9.84 Å². The van der Waals surface area contributed by atoms with Crippen molar-refractivity contribution in [3.63, 3.8) is 0 Å². The topological polar surface area (TPSA) is 46.5 Å². The standard InChI is InChI=1S/C18H16O3/c1-11-3-7-16-14(9-11)4-5-15-10-13(12(2)18(19)20)6-8-17(15)21-16/h3-10,12H,1-2H3,(H,19,20)/t12-/m1/s1. The summed E-state index contributed by atoms with van der Waals surface area (Å²) < 4.78 is 5.94. The molecule has 2 aromatic carbocycles. The smallest absolute Gasteiger partial charge is 0.310 e. The molecule has 1 atom stereocenters. The van der Waals surface area contributed by atoms with Crippen LogP contribution in [0, 0.1) is 6.92 Å². The highest BCUT2D eigenvalue weighted by Gasteiger charge is 2.17. The Hall–Kier alpha value is -2.55. The Balaban J connectivity index is 2.04. The van der Waals surface area contributed by atoms with Crippen LogP contribution in [0.5, 0.6) is 11.5 Å². The van der Waals surface area contributed by atoms with E-state index in [-0.39, 0.29) is 0 Å². The Morgan fingerprint density at radius 2 is 1.67 bits per heavy atom. The first-order valence-electron chi connectivity index (χ1n) is 6.88. The van der Waals surface area contributed by atoms with Crippen LogP contribution in [0.3, 0.4) is 0 Å². The Bertz CT molecular complexity index is 744. The lowest BCUT2D eigenvalue weighted by atomic mass is 9.98. The maximum absolute atomic E-state index is 11.1. The summed E-state index contributed by atoms with van der Waals surface area (Å²) in [5.74, 6) is 0.203. The van der Waals surface area contributed by atoms with Crippen LogP contribution in [0.2, 0.25) is 0 Å². The van der Waals surface area contributed by atoms with Crippen LogP contribution in [-0.4, -0.2) is 11.1 Å². The van der Waals surface area contributed by atoms with Gasteiger partial charge in [0.05, 0.1) is 5.92 Å². The van der Waals surface area contributed by atoms with Crippen molar-refractivity contribution in [3.05, 3.63) is 58.7 Å². The first kappa shape index (κ1) is 13.4. The molecule has 1 N–H and O–H groups in total. The molecule has 21 heavy (non-hydrogen) atoms. The molecule has 0 spiro atoms. The highest BCUT2D eigenvalue weighted by atomic mass is 16.5. The largest absolute Gasteiger partial charge is 0.481 e. The molecule has 2 aromatic rings. The quantitative estimate of drug-likeness (QED) is 0.754. The molecule has 3 heteroatoms. The van der Waals surface area contributed by atoms with Crippen molar-refractivity contribution in [2.45, 2.75) is 19.8 Å². The molecule has 0 amide bonds. The molecule has 0 radical (unpaired) electrons. The monoisotopic (exact) mass is 280 g/mol. The molecule has 0 aromatic heterocycles. The van der Waals surface area contributed by atoms with E-state index in [4.69, 9.17) is 9.84 Å². The summed E-state index contributed by atoms with van der Waals surface area (Å²) >= 11 is 0. The number of carbonyl (C=O) groups is 1. The normalized spacial score (nSPS) is 13.6. The first-order chi connectivity index (χ1) is 10.0. The fourth-order valence-corrected chi connectivity index (χ4v) is 2.39. The van der Waals surface area contributed by atoms with Gasteiger partial charge in [0.2, 0.25) is 0 Å². The second-order valence-electron chi connectivity index (χ2n) is 5.33. The van der Waals surface area contributed by atoms with Crippen molar-refractivity contribution in [2.24, 2.45) is 0 Å². The fraction of sp³-hybridized carbons (Fsp3) is 0.167. The summed E-state index contributed by atoms with van der Waals surface area (Å²) in [4.78, 5) is 11.1. The van der Waals surface area contributed by atoms with Crippen molar-refractivity contribution in [3.8, 4) is 11.5 Å². The summed E-state index contributed by atoms with van der Waals surface area (Å²) in [7, 11) is 0. The summed E-state index contributed by atoms with van der Waals surface area (Å²) in [6.45, 7) is 3.72. The number of carboxylic acid groups (broad SMARTS) is 1. The van der Waals surface area contributed by atoms with Crippen LogP contribution in [0.1, 0.15) is 35.1 Å². The average Bonchev–Trinajstić information content (AvgIpc) is 2.64. The molecule has 1 heterocycles. The zero-order chi connectivity index (χ0) is 15.0. The van der Waals surface area contributed by atoms with Crippen molar-refractivity contribution in [2.75, 3.05) is 0 Å². The van der Waals surface area contributed by atoms with Gasteiger partial charge >= 0.3 is 5.97 Å². The number of rotatable bonds is 2. The zero-order valence-electron chi connectivity index (χ0n) is 12.0. The predicted molar refractivity (Wildman–Crippen MR) is 82.7 cm³/mol. The van der Waals surface area contributed by atoms with Crippen LogP contribution in [0.25, 0.3) is 12.2 Å². The van der Waals surface area contributed by atoms with Gasteiger partial charge in [-0.1, -0.05) is 29.8 Å². The first-order valence-corrected chi connectivity index (χ1v) is 6.88. The second-order valence-corrected chi connectivity index (χ2v) is 5.33. The van der Waals surface area contributed by atoms with Crippen LogP contribution in [0.15, 0.2) is 36.4 Å². The molecule has 3 nitrogen and oxygen atoms in total. The van der Waals surface area contributed by atoms with Gasteiger partial charge in [-0.2, -0.15) is 0 Å². The van der Waals surface area contributed by atoms with Crippen LogP contribution >= 0.6 is 0 Å². The van der Waals surface area contributed by atoms with Gasteiger partial charge in [-0.25, -0.2) is 0 Å². The van der Waals surface area contributed by atoms with Gasteiger partial charge in [0, 0.05) is 11.1 Å². The van der Waals surface area contributed by atoms with Gasteiger partial charge in [-0.15, -0.1) is 0 Å². The van der Waals surface area contributed by atoms with Crippen molar-refractivity contribution in [1.82, 2.24) is 0 Å². The van der Waals surface area contributed by atoms with E-state index in [9.17, 15) is 4.79 Å². The molecular formula is C18H16O3. The molecule has 0 aliphatic carbocycles. The van der Waals surface area contributed by atoms with Crippen molar-refractivity contribution >= 4 is 18.1 Å². The highest BCUT2D eigenvalue weighted by molar-refractivity contribution is 5.80. The minimum absolute atomic E-state index is 0.531. The van der Waals surface area contributed by atoms with E-state index in [0.717, 1.165) is 28.2 Å². The SMILES string of the molecule is Cc1ccc2c(c1)C=Cc1cc([C@@H](C)C(=O)O)ccc1O2. The van der Waals surface area contributed by atoms with Crippen molar-refractivity contribution in [1.29, 1.82) is 0 Å². The van der Waals surface area contributed by atoms with E-state index < -0.39 is 11.9 Å². The lowest BCUT2D eigenvalue weighted by Crippen LogP contribution is -2.07. The summed E-state index contributed by atoms with van der Waals surface area (Å²) in [5.41, 5.74) is 3.87. The third-order valence-electron chi connectivity index (χ3n) is 3.73. The Morgan fingerprint density at radius 3 is 2.33 bits per heavy atom. The number of hydrogen-bond acceptors (Lipinski definition) is 2. The maximum atomic E-state index is 11.1. The number of hydrogen-bond donors (Lipinski definition) is 1. The molecule has 0 saturated carbocycles. The second kappa shape index (κ2) is 5.09. The van der Waals surface area contributed by atoms with Gasteiger partial charge in [-0.3, -0.25) is 4.79 Å². The van der Waals surface area contributed by atoms with E-state index in [1.807, 2.05) is 49.4 Å². The summed E-state index contributed by atoms with van der Waals surface area (Å²) in [5, 5.41) is 9.12. The average molecular weight is 280 g/mol. The van der Waals surface area contributed by atoms with Gasteiger partial charge in [-0.05, 0) is 43.7 Å². The summed E-state index contributed by atoms with van der Waals surface area (Å²) in [6.07, 6.45) is 3.97. The minimum atomic E-state index is -0.826. The lowest BCUT2D eigenvalue weighted by Gasteiger charge is -2.12. The van der Waals surface area contributed by atoms with E-state index in [1.165, 1.54) is 5.56 Å². The minimum Gasteiger partial charge on any atom is -0.481 e. The number of benzene rings is 2. The van der Waals surface area contributed by atoms with Gasteiger partial charge in [0.25, 0.3) is 0 Å². The number of aliphatic carboxylic acids is 1. The number of fused-ring (bicyclic) bond motifs is 2. The van der Waals surface area contributed by atoms with Gasteiger partial charge in [0.1, 0.15) is 11.5 Å². The number of aryl methyl sites for hydroxylation is 1. The molecule has 3 rings (SSSR count). The molecule has 1 aliphatic rings. The van der Waals surface area contributed by atoms with E-state index in [2.05, 4.69) is 6.07 Å². The molecule has 0 bridgehead atoms. The van der Waals surface area contributed by atoms with E-state index in [1.54, 1.807) is 6.92 Å². The van der Waals surface area contributed by atoms with E-state index in [0.29, 0.717) is 0 Å². The maximum Gasteiger partial charge on any atom is 0.310 e.